The maximum atomic E-state index is 11.9. The maximum absolute atomic E-state index is 11.9. The monoisotopic (exact) mass is 278 g/mol. The number of rotatable bonds is 2. The van der Waals surface area contributed by atoms with E-state index in [0.29, 0.717) is 6.54 Å². The summed E-state index contributed by atoms with van der Waals surface area (Å²) in [4.78, 5) is 23.9. The second-order valence-corrected chi connectivity index (χ2v) is 5.82. The predicted molar refractivity (Wildman–Crippen MR) is 73.3 cm³/mol. The molecule has 1 saturated heterocycles. The summed E-state index contributed by atoms with van der Waals surface area (Å²) in [6.07, 6.45) is -0.243. The number of hydrogen-bond donors (Lipinski definition) is 0. The van der Waals surface area contributed by atoms with E-state index >= 15 is 0 Å². The maximum Gasteiger partial charge on any atom is 0.269 e. The van der Waals surface area contributed by atoms with Crippen LogP contribution in [-0.2, 0) is 9.53 Å². The molecule has 108 valence electrons. The van der Waals surface area contributed by atoms with E-state index in [0.717, 1.165) is 5.56 Å². The molecule has 1 fully saturated rings. The van der Waals surface area contributed by atoms with Crippen molar-refractivity contribution in [2.75, 3.05) is 13.2 Å². The SMILES string of the molecule is CC(C)(C)N1C[C@H](c2ccc([N+](=O)[O-])cc2)OCC1=O. The molecule has 0 unspecified atom stereocenters. The summed E-state index contributed by atoms with van der Waals surface area (Å²) >= 11 is 0. The lowest BCUT2D eigenvalue weighted by Crippen LogP contribution is -2.52. The molecule has 0 radical (unpaired) electrons. The van der Waals surface area contributed by atoms with E-state index in [4.69, 9.17) is 4.74 Å². The van der Waals surface area contributed by atoms with Crippen LogP contribution in [0.1, 0.15) is 32.4 Å². The lowest BCUT2D eigenvalue weighted by atomic mass is 10.0. The van der Waals surface area contributed by atoms with E-state index < -0.39 is 4.92 Å². The number of non-ortho nitro benzene ring substituents is 1. The largest absolute Gasteiger partial charge is 0.362 e. The van der Waals surface area contributed by atoms with Gasteiger partial charge in [-0.1, -0.05) is 0 Å². The van der Waals surface area contributed by atoms with Gasteiger partial charge < -0.3 is 9.64 Å². The van der Waals surface area contributed by atoms with E-state index in [1.54, 1.807) is 17.0 Å². The minimum absolute atomic E-state index is 0.0318. The molecule has 1 atom stereocenters. The Hall–Kier alpha value is -1.95. The molecule has 20 heavy (non-hydrogen) atoms. The minimum atomic E-state index is -0.434. The van der Waals surface area contributed by atoms with Gasteiger partial charge in [-0.15, -0.1) is 0 Å². The summed E-state index contributed by atoms with van der Waals surface area (Å²) in [5.74, 6) is -0.0318. The molecule has 0 N–H and O–H groups in total. The lowest BCUT2D eigenvalue weighted by molar-refractivity contribution is -0.384. The summed E-state index contributed by atoms with van der Waals surface area (Å²) in [6.45, 7) is 6.43. The number of amides is 1. The zero-order valence-electron chi connectivity index (χ0n) is 11.8. The van der Waals surface area contributed by atoms with Crippen molar-refractivity contribution in [3.8, 4) is 0 Å². The van der Waals surface area contributed by atoms with Gasteiger partial charge in [-0.25, -0.2) is 0 Å². The first-order chi connectivity index (χ1) is 9.29. The molecule has 1 aromatic rings. The number of carbonyl (C=O) groups is 1. The fraction of sp³-hybridized carbons (Fsp3) is 0.500. The molecule has 1 heterocycles. The van der Waals surface area contributed by atoms with Gasteiger partial charge in [-0.3, -0.25) is 14.9 Å². The number of carbonyl (C=O) groups excluding carboxylic acids is 1. The molecule has 2 rings (SSSR count). The highest BCUT2D eigenvalue weighted by molar-refractivity contribution is 5.79. The average Bonchev–Trinajstić information content (AvgIpc) is 2.38. The smallest absolute Gasteiger partial charge is 0.269 e. The Bertz CT molecular complexity index is 519. The quantitative estimate of drug-likeness (QED) is 0.614. The van der Waals surface area contributed by atoms with E-state index in [9.17, 15) is 14.9 Å². The van der Waals surface area contributed by atoms with Crippen molar-refractivity contribution in [3.05, 3.63) is 39.9 Å². The molecular weight excluding hydrogens is 260 g/mol. The number of nitrogens with zero attached hydrogens (tertiary/aromatic N) is 2. The Morgan fingerprint density at radius 2 is 1.90 bits per heavy atom. The van der Waals surface area contributed by atoms with Crippen molar-refractivity contribution in [1.29, 1.82) is 0 Å². The second kappa shape index (κ2) is 5.20. The van der Waals surface area contributed by atoms with Gasteiger partial charge in [0.05, 0.1) is 11.5 Å². The Balaban J connectivity index is 2.17. The number of hydrogen-bond acceptors (Lipinski definition) is 4. The minimum Gasteiger partial charge on any atom is -0.362 e. The molecule has 0 spiro atoms. The van der Waals surface area contributed by atoms with Gasteiger partial charge in [0.25, 0.3) is 5.69 Å². The summed E-state index contributed by atoms with van der Waals surface area (Å²) in [5.41, 5.74) is 0.630. The highest BCUT2D eigenvalue weighted by Gasteiger charge is 2.34. The molecule has 1 aliphatic rings. The standard InChI is InChI=1S/C14H18N2O4/c1-14(2,3)15-8-12(20-9-13(15)17)10-4-6-11(7-5-10)16(18)19/h4-7,12H,8-9H2,1-3H3/t12-/m1/s1. The van der Waals surface area contributed by atoms with Crippen LogP contribution in [0, 0.1) is 10.1 Å². The van der Waals surface area contributed by atoms with Gasteiger partial charge in [0, 0.05) is 17.7 Å². The molecule has 1 aromatic carbocycles. The molecule has 1 amide bonds. The fourth-order valence-electron chi connectivity index (χ4n) is 2.23. The van der Waals surface area contributed by atoms with Crippen LogP contribution in [-0.4, -0.2) is 34.4 Å². The van der Waals surface area contributed by atoms with Gasteiger partial charge in [-0.05, 0) is 38.5 Å². The normalized spacial score (nSPS) is 20.1. The fourth-order valence-corrected chi connectivity index (χ4v) is 2.23. The third kappa shape index (κ3) is 2.96. The van der Waals surface area contributed by atoms with Crippen LogP contribution >= 0.6 is 0 Å². The first kappa shape index (κ1) is 14.5. The topological polar surface area (TPSA) is 72.7 Å². The van der Waals surface area contributed by atoms with Crippen molar-refractivity contribution in [2.45, 2.75) is 32.4 Å². The Morgan fingerprint density at radius 1 is 1.30 bits per heavy atom. The van der Waals surface area contributed by atoms with Crippen molar-refractivity contribution in [2.24, 2.45) is 0 Å². The third-order valence-corrected chi connectivity index (χ3v) is 3.34. The van der Waals surface area contributed by atoms with Crippen molar-refractivity contribution < 1.29 is 14.5 Å². The van der Waals surface area contributed by atoms with Crippen LogP contribution in [0.5, 0.6) is 0 Å². The molecular formula is C14H18N2O4. The second-order valence-electron chi connectivity index (χ2n) is 5.82. The zero-order valence-corrected chi connectivity index (χ0v) is 11.8. The van der Waals surface area contributed by atoms with Crippen LogP contribution in [0.4, 0.5) is 5.69 Å². The van der Waals surface area contributed by atoms with Gasteiger partial charge in [-0.2, -0.15) is 0 Å². The molecule has 1 aliphatic heterocycles. The van der Waals surface area contributed by atoms with Crippen molar-refractivity contribution in [3.63, 3.8) is 0 Å². The number of morpholine rings is 1. The van der Waals surface area contributed by atoms with E-state index in [1.165, 1.54) is 12.1 Å². The van der Waals surface area contributed by atoms with Gasteiger partial charge in [0.1, 0.15) is 12.7 Å². The molecule has 0 saturated carbocycles. The lowest BCUT2D eigenvalue weighted by Gasteiger charge is -2.41. The Kier molecular flexibility index (Phi) is 3.76. The number of benzene rings is 1. The molecule has 0 aromatic heterocycles. The molecule has 0 bridgehead atoms. The van der Waals surface area contributed by atoms with Crippen LogP contribution in [0.25, 0.3) is 0 Å². The number of nitro benzene ring substituents is 1. The highest BCUT2D eigenvalue weighted by atomic mass is 16.6. The van der Waals surface area contributed by atoms with E-state index in [-0.39, 0.29) is 29.8 Å². The molecule has 0 aliphatic carbocycles. The molecule has 6 heteroatoms. The number of nitro groups is 1. The van der Waals surface area contributed by atoms with Crippen LogP contribution in [0.3, 0.4) is 0 Å². The molecule has 6 nitrogen and oxygen atoms in total. The van der Waals surface area contributed by atoms with E-state index in [1.807, 2.05) is 20.8 Å². The van der Waals surface area contributed by atoms with Crippen LogP contribution in [0.2, 0.25) is 0 Å². The summed E-state index contributed by atoms with van der Waals surface area (Å²) in [5, 5.41) is 10.6. The first-order valence-electron chi connectivity index (χ1n) is 6.45. The zero-order chi connectivity index (χ0) is 14.9. The average molecular weight is 278 g/mol. The Labute approximate surface area is 117 Å². The summed E-state index contributed by atoms with van der Waals surface area (Å²) in [7, 11) is 0. The summed E-state index contributed by atoms with van der Waals surface area (Å²) < 4.78 is 5.54. The van der Waals surface area contributed by atoms with Gasteiger partial charge in [0.2, 0.25) is 5.91 Å². The Morgan fingerprint density at radius 3 is 2.40 bits per heavy atom. The van der Waals surface area contributed by atoms with Crippen LogP contribution in [0.15, 0.2) is 24.3 Å². The van der Waals surface area contributed by atoms with Gasteiger partial charge >= 0.3 is 0 Å². The highest BCUT2D eigenvalue weighted by Crippen LogP contribution is 2.28. The van der Waals surface area contributed by atoms with Crippen LogP contribution < -0.4 is 0 Å². The van der Waals surface area contributed by atoms with E-state index in [2.05, 4.69) is 0 Å². The predicted octanol–water partition coefficient (Wildman–Crippen LogP) is 2.29. The van der Waals surface area contributed by atoms with Gasteiger partial charge in [0.15, 0.2) is 0 Å². The number of ether oxygens (including phenoxy) is 1. The van der Waals surface area contributed by atoms with Crippen molar-refractivity contribution in [1.82, 2.24) is 4.90 Å². The first-order valence-corrected chi connectivity index (χ1v) is 6.45. The third-order valence-electron chi connectivity index (χ3n) is 3.34. The van der Waals surface area contributed by atoms with Crippen molar-refractivity contribution >= 4 is 11.6 Å². The summed E-state index contributed by atoms with van der Waals surface area (Å²) in [6, 6.07) is 6.27.